The molecule has 1 N–H and O–H groups in total. The first-order chi connectivity index (χ1) is 6.59. The summed E-state index contributed by atoms with van der Waals surface area (Å²) in [6.45, 7) is 0. The van der Waals surface area contributed by atoms with Crippen LogP contribution < -0.4 is 0 Å². The molecule has 0 aliphatic carbocycles. The predicted octanol–water partition coefficient (Wildman–Crippen LogP) is 3.48. The van der Waals surface area contributed by atoms with E-state index in [2.05, 4.69) is 0 Å². The van der Waals surface area contributed by atoms with E-state index >= 15 is 0 Å². The monoisotopic (exact) mass is 232 g/mol. The van der Waals surface area contributed by atoms with Gasteiger partial charge >= 0.3 is 5.97 Å². The lowest BCUT2D eigenvalue weighted by molar-refractivity contribution is -0.137. The fraction of sp³-hybridized carbons (Fsp3) is 0.300. The van der Waals surface area contributed by atoms with Crippen molar-refractivity contribution in [3.63, 3.8) is 0 Å². The molecular weight excluding hydrogens is 223 g/mol. The molecule has 0 aliphatic rings. The summed E-state index contributed by atoms with van der Waals surface area (Å²) in [7, 11) is 0. The second kappa shape index (κ2) is 5.23. The Morgan fingerprint density at radius 1 is 1.50 bits per heavy atom. The molecule has 1 aromatic carbocycles. The minimum Gasteiger partial charge on any atom is -0.481 e. The molecule has 1 aromatic rings. The van der Waals surface area contributed by atoms with Crippen LogP contribution in [0.15, 0.2) is 24.3 Å². The Hall–Kier alpha value is -0.730. The van der Waals surface area contributed by atoms with Gasteiger partial charge in [-0.25, -0.2) is 0 Å². The average molecular weight is 233 g/mol. The molecule has 14 heavy (non-hydrogen) atoms. The summed E-state index contributed by atoms with van der Waals surface area (Å²) in [5, 5.41) is 8.81. The maximum atomic E-state index is 10.3. The van der Waals surface area contributed by atoms with Crippen LogP contribution in [0, 0.1) is 0 Å². The number of halogens is 2. The summed E-state index contributed by atoms with van der Waals surface area (Å²) in [6.07, 6.45) is 0.484. The summed E-state index contributed by atoms with van der Waals surface area (Å²) in [5.41, 5.74) is 0.861. The van der Waals surface area contributed by atoms with Gasteiger partial charge in [-0.05, 0) is 24.1 Å². The lowest BCUT2D eigenvalue weighted by Gasteiger charge is -2.08. The summed E-state index contributed by atoms with van der Waals surface area (Å²) in [4.78, 5) is 10.3. The molecule has 0 radical (unpaired) electrons. The van der Waals surface area contributed by atoms with Gasteiger partial charge in [0.2, 0.25) is 0 Å². The van der Waals surface area contributed by atoms with Gasteiger partial charge in [-0.2, -0.15) is 0 Å². The van der Waals surface area contributed by atoms with Crippen LogP contribution in [0.3, 0.4) is 0 Å². The molecule has 76 valence electrons. The third kappa shape index (κ3) is 3.56. The van der Waals surface area contributed by atoms with Gasteiger partial charge < -0.3 is 5.11 Å². The number of rotatable bonds is 4. The number of hydrogen-bond acceptors (Lipinski definition) is 1. The first-order valence-corrected chi connectivity index (χ1v) is 5.02. The van der Waals surface area contributed by atoms with Crippen LogP contribution in [-0.4, -0.2) is 11.1 Å². The fourth-order valence-corrected chi connectivity index (χ4v) is 1.56. The molecule has 0 aliphatic heterocycles. The van der Waals surface area contributed by atoms with Crippen LogP contribution in [0.5, 0.6) is 0 Å². The van der Waals surface area contributed by atoms with E-state index in [4.69, 9.17) is 28.3 Å². The van der Waals surface area contributed by atoms with Crippen LogP contribution in [0.2, 0.25) is 5.02 Å². The largest absolute Gasteiger partial charge is 0.481 e. The lowest BCUT2D eigenvalue weighted by atomic mass is 10.1. The van der Waals surface area contributed by atoms with Crippen molar-refractivity contribution in [3.05, 3.63) is 34.9 Å². The van der Waals surface area contributed by atoms with Crippen molar-refractivity contribution in [2.24, 2.45) is 0 Å². The number of hydrogen-bond donors (Lipinski definition) is 1. The molecule has 0 bridgehead atoms. The molecule has 0 saturated carbocycles. The van der Waals surface area contributed by atoms with E-state index in [0.717, 1.165) is 5.56 Å². The first-order valence-electron chi connectivity index (χ1n) is 4.21. The average Bonchev–Trinajstić information content (AvgIpc) is 2.14. The fourth-order valence-electron chi connectivity index (χ4n) is 1.12. The minimum atomic E-state index is -0.835. The van der Waals surface area contributed by atoms with Crippen LogP contribution >= 0.6 is 23.2 Å². The SMILES string of the molecule is O=C(O)CCC(Cl)c1cccc(Cl)c1. The normalized spacial score (nSPS) is 12.4. The molecule has 0 spiro atoms. The molecule has 4 heteroatoms. The van der Waals surface area contributed by atoms with E-state index in [-0.39, 0.29) is 11.8 Å². The van der Waals surface area contributed by atoms with Crippen molar-refractivity contribution in [2.45, 2.75) is 18.2 Å². The maximum absolute atomic E-state index is 10.3. The smallest absolute Gasteiger partial charge is 0.303 e. The molecule has 2 nitrogen and oxygen atoms in total. The zero-order valence-electron chi connectivity index (χ0n) is 7.41. The van der Waals surface area contributed by atoms with Gasteiger partial charge in [0.05, 0.1) is 5.38 Å². The molecule has 0 fully saturated rings. The first kappa shape index (κ1) is 11.3. The second-order valence-electron chi connectivity index (χ2n) is 2.95. The van der Waals surface area contributed by atoms with E-state index in [1.807, 2.05) is 6.07 Å². The molecular formula is C10H10Cl2O2. The number of carboxylic acid groups (broad SMARTS) is 1. The Kier molecular flexibility index (Phi) is 4.23. The highest BCUT2D eigenvalue weighted by Gasteiger charge is 2.09. The van der Waals surface area contributed by atoms with E-state index in [1.165, 1.54) is 0 Å². The van der Waals surface area contributed by atoms with E-state index in [1.54, 1.807) is 18.2 Å². The van der Waals surface area contributed by atoms with Gasteiger partial charge in [-0.1, -0.05) is 23.7 Å². The Labute approximate surface area is 92.5 Å². The summed E-state index contributed by atoms with van der Waals surface area (Å²) < 4.78 is 0. The van der Waals surface area contributed by atoms with Crippen molar-refractivity contribution in [2.75, 3.05) is 0 Å². The standard InChI is InChI=1S/C10H10Cl2O2/c11-8-3-1-2-7(6-8)9(12)4-5-10(13)14/h1-3,6,9H,4-5H2,(H,13,14). The molecule has 0 aromatic heterocycles. The molecule has 1 rings (SSSR count). The Bertz CT molecular complexity index is 326. The maximum Gasteiger partial charge on any atom is 0.303 e. The van der Waals surface area contributed by atoms with Crippen LogP contribution in [0.1, 0.15) is 23.8 Å². The van der Waals surface area contributed by atoms with E-state index < -0.39 is 5.97 Å². The topological polar surface area (TPSA) is 37.3 Å². The van der Waals surface area contributed by atoms with Crippen LogP contribution in [0.4, 0.5) is 0 Å². The third-order valence-corrected chi connectivity index (χ3v) is 2.53. The summed E-state index contributed by atoms with van der Waals surface area (Å²) >= 11 is 11.8. The van der Waals surface area contributed by atoms with Gasteiger partial charge in [0.15, 0.2) is 0 Å². The Balaban J connectivity index is 2.60. The predicted molar refractivity (Wildman–Crippen MR) is 56.9 cm³/mol. The zero-order chi connectivity index (χ0) is 10.6. The number of carboxylic acids is 1. The van der Waals surface area contributed by atoms with Gasteiger partial charge in [0, 0.05) is 11.4 Å². The minimum absolute atomic E-state index is 0.0701. The number of aliphatic carboxylic acids is 1. The highest BCUT2D eigenvalue weighted by Crippen LogP contribution is 2.27. The van der Waals surface area contributed by atoms with Gasteiger partial charge in [-0.15, -0.1) is 11.6 Å². The second-order valence-corrected chi connectivity index (χ2v) is 3.92. The lowest BCUT2D eigenvalue weighted by Crippen LogP contribution is -1.98. The van der Waals surface area contributed by atoms with Crippen molar-refractivity contribution in [1.29, 1.82) is 0 Å². The molecule has 0 saturated heterocycles. The quantitative estimate of drug-likeness (QED) is 0.808. The van der Waals surface area contributed by atoms with Gasteiger partial charge in [0.1, 0.15) is 0 Å². The third-order valence-electron chi connectivity index (χ3n) is 1.82. The molecule has 0 heterocycles. The summed E-state index contributed by atoms with van der Waals surface area (Å²) in [5.74, 6) is -0.835. The van der Waals surface area contributed by atoms with Crippen LogP contribution in [0.25, 0.3) is 0 Å². The van der Waals surface area contributed by atoms with Gasteiger partial charge in [-0.3, -0.25) is 4.79 Å². The van der Waals surface area contributed by atoms with E-state index in [0.29, 0.717) is 11.4 Å². The Morgan fingerprint density at radius 3 is 2.79 bits per heavy atom. The van der Waals surface area contributed by atoms with Crippen molar-refractivity contribution < 1.29 is 9.90 Å². The van der Waals surface area contributed by atoms with Crippen LogP contribution in [-0.2, 0) is 4.79 Å². The van der Waals surface area contributed by atoms with Gasteiger partial charge in [0.25, 0.3) is 0 Å². The highest BCUT2D eigenvalue weighted by atomic mass is 35.5. The van der Waals surface area contributed by atoms with Crippen molar-refractivity contribution in [1.82, 2.24) is 0 Å². The highest BCUT2D eigenvalue weighted by molar-refractivity contribution is 6.30. The zero-order valence-corrected chi connectivity index (χ0v) is 8.92. The van der Waals surface area contributed by atoms with Crippen molar-refractivity contribution >= 4 is 29.2 Å². The molecule has 1 atom stereocenters. The van der Waals surface area contributed by atoms with E-state index in [9.17, 15) is 4.79 Å². The molecule has 0 amide bonds. The number of alkyl halides is 1. The number of carbonyl (C=O) groups is 1. The van der Waals surface area contributed by atoms with Crippen molar-refractivity contribution in [3.8, 4) is 0 Å². The Morgan fingerprint density at radius 2 is 2.21 bits per heavy atom. The summed E-state index contributed by atoms with van der Waals surface area (Å²) in [6, 6.07) is 7.14. The molecule has 1 unspecified atom stereocenters. The number of benzene rings is 1.